The molecule has 1 aromatic heterocycles. The van der Waals surface area contributed by atoms with Crippen molar-refractivity contribution in [2.45, 2.75) is 6.92 Å². The smallest absolute Gasteiger partial charge is 0.243 e. The summed E-state index contributed by atoms with van der Waals surface area (Å²) in [6, 6.07) is 15.5. The number of imidazole rings is 1. The fraction of sp³-hybridized carbons (Fsp3) is 0.176. The highest BCUT2D eigenvalue weighted by atomic mass is 16.2. The lowest BCUT2D eigenvalue weighted by atomic mass is 10.2. The predicted octanol–water partition coefficient (Wildman–Crippen LogP) is 2.95. The minimum Gasteiger partial charge on any atom is -0.365 e. The second kappa shape index (κ2) is 5.89. The van der Waals surface area contributed by atoms with Gasteiger partial charge < -0.3 is 15.2 Å². The fourth-order valence-electron chi connectivity index (χ4n) is 2.40. The van der Waals surface area contributed by atoms with E-state index in [1.54, 1.807) is 0 Å². The highest BCUT2D eigenvalue weighted by molar-refractivity contribution is 5.95. The van der Waals surface area contributed by atoms with E-state index < -0.39 is 0 Å². The Labute approximate surface area is 129 Å². The molecule has 0 saturated heterocycles. The monoisotopic (exact) mass is 294 g/mol. The van der Waals surface area contributed by atoms with Crippen molar-refractivity contribution >= 4 is 28.3 Å². The first-order chi connectivity index (χ1) is 10.6. The van der Waals surface area contributed by atoms with E-state index in [1.807, 2.05) is 67.4 Å². The van der Waals surface area contributed by atoms with Crippen LogP contribution in [0.5, 0.6) is 0 Å². The Hall–Kier alpha value is -2.82. The summed E-state index contributed by atoms with van der Waals surface area (Å²) in [5.41, 5.74) is 3.60. The number of nitrogens with one attached hydrogen (secondary N) is 2. The van der Waals surface area contributed by atoms with E-state index in [-0.39, 0.29) is 5.91 Å². The molecule has 5 heteroatoms. The van der Waals surface area contributed by atoms with Crippen molar-refractivity contribution in [1.82, 2.24) is 9.97 Å². The number of likely N-dealkylation sites (N-methyl/N-ethyl adjacent to an activating group) is 1. The summed E-state index contributed by atoms with van der Waals surface area (Å²) in [6.07, 6.45) is 0. The van der Waals surface area contributed by atoms with Gasteiger partial charge in [0.2, 0.25) is 5.91 Å². The number of benzene rings is 2. The number of nitrogens with zero attached hydrogens (tertiary/aromatic N) is 2. The summed E-state index contributed by atoms with van der Waals surface area (Å²) in [5.74, 6) is 0.809. The van der Waals surface area contributed by atoms with Crippen LogP contribution in [0.1, 0.15) is 5.82 Å². The molecule has 0 saturated carbocycles. The number of aromatic amines is 1. The molecule has 3 aromatic rings. The Balaban J connectivity index is 1.67. The van der Waals surface area contributed by atoms with E-state index in [0.717, 1.165) is 28.2 Å². The Bertz CT molecular complexity index is 795. The number of hydrogen-bond donors (Lipinski definition) is 2. The first-order valence-corrected chi connectivity index (χ1v) is 7.14. The molecule has 0 aliphatic heterocycles. The van der Waals surface area contributed by atoms with Crippen LogP contribution in [0.3, 0.4) is 0 Å². The zero-order valence-corrected chi connectivity index (χ0v) is 12.6. The molecule has 0 spiro atoms. The molecule has 2 N–H and O–H groups in total. The van der Waals surface area contributed by atoms with Crippen LogP contribution in [0, 0.1) is 6.92 Å². The average Bonchev–Trinajstić information content (AvgIpc) is 2.87. The number of rotatable bonds is 4. The van der Waals surface area contributed by atoms with E-state index >= 15 is 0 Å². The maximum atomic E-state index is 12.2. The van der Waals surface area contributed by atoms with Crippen LogP contribution >= 0.6 is 0 Å². The van der Waals surface area contributed by atoms with Crippen molar-refractivity contribution in [2.75, 3.05) is 23.8 Å². The number of carbonyl (C=O) groups is 1. The number of fused-ring (bicyclic) bond motifs is 1. The van der Waals surface area contributed by atoms with E-state index in [4.69, 9.17) is 0 Å². The van der Waals surface area contributed by atoms with Crippen LogP contribution in [0.15, 0.2) is 48.5 Å². The minimum atomic E-state index is -0.0538. The van der Waals surface area contributed by atoms with Crippen LogP contribution in [-0.2, 0) is 4.79 Å². The number of amides is 1. The van der Waals surface area contributed by atoms with Gasteiger partial charge in [0.05, 0.1) is 17.6 Å². The second-order valence-electron chi connectivity index (χ2n) is 5.29. The van der Waals surface area contributed by atoms with E-state index in [9.17, 15) is 4.79 Å². The van der Waals surface area contributed by atoms with Crippen molar-refractivity contribution in [3.8, 4) is 0 Å². The molecule has 0 fully saturated rings. The van der Waals surface area contributed by atoms with Gasteiger partial charge in [-0.2, -0.15) is 0 Å². The Morgan fingerprint density at radius 1 is 1.23 bits per heavy atom. The van der Waals surface area contributed by atoms with Crippen molar-refractivity contribution in [2.24, 2.45) is 0 Å². The number of aryl methyl sites for hydroxylation is 1. The summed E-state index contributed by atoms with van der Waals surface area (Å²) in [5, 5.41) is 2.92. The van der Waals surface area contributed by atoms with E-state index in [2.05, 4.69) is 15.3 Å². The summed E-state index contributed by atoms with van der Waals surface area (Å²) >= 11 is 0. The molecule has 0 aliphatic carbocycles. The number of carbonyl (C=O) groups excluding carboxylic acids is 1. The Morgan fingerprint density at radius 2 is 2.00 bits per heavy atom. The first-order valence-electron chi connectivity index (χ1n) is 7.14. The molecule has 0 atom stereocenters. The molecule has 0 radical (unpaired) electrons. The zero-order chi connectivity index (χ0) is 15.5. The largest absolute Gasteiger partial charge is 0.365 e. The lowest BCUT2D eigenvalue weighted by Crippen LogP contribution is -2.29. The van der Waals surface area contributed by atoms with Gasteiger partial charge in [0.15, 0.2) is 0 Å². The number of para-hydroxylation sites is 1. The summed E-state index contributed by atoms with van der Waals surface area (Å²) in [6.45, 7) is 2.21. The lowest BCUT2D eigenvalue weighted by molar-refractivity contribution is -0.114. The highest BCUT2D eigenvalue weighted by Crippen LogP contribution is 2.17. The molecule has 0 aliphatic rings. The summed E-state index contributed by atoms with van der Waals surface area (Å²) in [4.78, 5) is 21.6. The normalized spacial score (nSPS) is 10.6. The molecule has 2 aromatic carbocycles. The van der Waals surface area contributed by atoms with Gasteiger partial charge in [-0.05, 0) is 37.3 Å². The van der Waals surface area contributed by atoms with Gasteiger partial charge in [-0.15, -0.1) is 0 Å². The average molecular weight is 294 g/mol. The first kappa shape index (κ1) is 14.1. The van der Waals surface area contributed by atoms with Crippen molar-refractivity contribution in [1.29, 1.82) is 0 Å². The van der Waals surface area contributed by atoms with Gasteiger partial charge in [-0.3, -0.25) is 4.79 Å². The van der Waals surface area contributed by atoms with Crippen LogP contribution in [-0.4, -0.2) is 29.5 Å². The molecule has 0 unspecified atom stereocenters. The SMILES string of the molecule is Cc1nc2ccc(NC(=O)CN(C)c3ccccc3)cc2[nH]1. The van der Waals surface area contributed by atoms with Crippen LogP contribution in [0.2, 0.25) is 0 Å². The molecule has 1 amide bonds. The summed E-state index contributed by atoms with van der Waals surface area (Å²) < 4.78 is 0. The van der Waals surface area contributed by atoms with Crippen molar-refractivity contribution in [3.63, 3.8) is 0 Å². The van der Waals surface area contributed by atoms with E-state index in [1.165, 1.54) is 0 Å². The molecule has 3 rings (SSSR count). The highest BCUT2D eigenvalue weighted by Gasteiger charge is 2.08. The molecular formula is C17H18N4O. The van der Waals surface area contributed by atoms with Gasteiger partial charge in [0.1, 0.15) is 5.82 Å². The standard InChI is InChI=1S/C17H18N4O/c1-12-18-15-9-8-13(10-16(15)19-12)20-17(22)11-21(2)14-6-4-3-5-7-14/h3-10H,11H2,1-2H3,(H,18,19)(H,20,22). The van der Waals surface area contributed by atoms with E-state index in [0.29, 0.717) is 6.54 Å². The third-order valence-electron chi connectivity index (χ3n) is 3.46. The topological polar surface area (TPSA) is 61.0 Å². The maximum absolute atomic E-state index is 12.2. The van der Waals surface area contributed by atoms with Gasteiger partial charge in [0, 0.05) is 18.4 Å². The lowest BCUT2D eigenvalue weighted by Gasteiger charge is -2.18. The molecule has 1 heterocycles. The molecule has 22 heavy (non-hydrogen) atoms. The quantitative estimate of drug-likeness (QED) is 0.777. The van der Waals surface area contributed by atoms with Crippen LogP contribution in [0.25, 0.3) is 11.0 Å². The van der Waals surface area contributed by atoms with Crippen LogP contribution in [0.4, 0.5) is 11.4 Å². The van der Waals surface area contributed by atoms with Gasteiger partial charge >= 0.3 is 0 Å². The second-order valence-corrected chi connectivity index (χ2v) is 5.29. The van der Waals surface area contributed by atoms with Crippen molar-refractivity contribution < 1.29 is 4.79 Å². The third-order valence-corrected chi connectivity index (χ3v) is 3.46. The molecule has 112 valence electrons. The minimum absolute atomic E-state index is 0.0538. The molecule has 5 nitrogen and oxygen atoms in total. The maximum Gasteiger partial charge on any atom is 0.243 e. The van der Waals surface area contributed by atoms with Gasteiger partial charge in [-0.1, -0.05) is 18.2 Å². The zero-order valence-electron chi connectivity index (χ0n) is 12.6. The summed E-state index contributed by atoms with van der Waals surface area (Å²) in [7, 11) is 1.90. The number of anilines is 2. The van der Waals surface area contributed by atoms with Crippen molar-refractivity contribution in [3.05, 3.63) is 54.4 Å². The fourth-order valence-corrected chi connectivity index (χ4v) is 2.40. The van der Waals surface area contributed by atoms with Gasteiger partial charge in [0.25, 0.3) is 0 Å². The number of H-pyrrole nitrogens is 1. The molecular weight excluding hydrogens is 276 g/mol. The molecule has 0 bridgehead atoms. The number of hydrogen-bond acceptors (Lipinski definition) is 3. The van der Waals surface area contributed by atoms with Crippen LogP contribution < -0.4 is 10.2 Å². The third kappa shape index (κ3) is 3.09. The van der Waals surface area contributed by atoms with Gasteiger partial charge in [-0.25, -0.2) is 4.98 Å². The Morgan fingerprint density at radius 3 is 2.77 bits per heavy atom. The Kier molecular flexibility index (Phi) is 3.78. The predicted molar refractivity (Wildman–Crippen MR) is 89.2 cm³/mol. The number of aromatic nitrogens is 2.